The molecule has 0 fully saturated rings. The Morgan fingerprint density at radius 1 is 0.714 bits per heavy atom. The van der Waals surface area contributed by atoms with Crippen LogP contribution in [0.2, 0.25) is 0 Å². The first-order valence-corrected chi connectivity index (χ1v) is 15.3. The molecule has 4 heteroatoms. The average Bonchev–Trinajstić information content (AvgIpc) is 2.72. The van der Waals surface area contributed by atoms with Gasteiger partial charge in [-0.25, -0.2) is 0 Å². The Kier molecular flexibility index (Phi) is 29.3. The van der Waals surface area contributed by atoms with Gasteiger partial charge in [0.1, 0.15) is 0 Å². The normalized spacial score (nSPS) is 9.21. The first-order valence-electron chi connectivity index (χ1n) is 9.89. The molecule has 0 atom stereocenters. The molecule has 2 aromatic rings. The van der Waals surface area contributed by atoms with Gasteiger partial charge in [0, 0.05) is 0 Å². The maximum atomic E-state index is 4.81. The Balaban J connectivity index is 0. The van der Waals surface area contributed by atoms with E-state index in [0.29, 0.717) is 0 Å². The Hall–Kier alpha value is 0.112. The minimum atomic E-state index is -0.106. The molecular formula is C24H37Cl2PPd-2. The van der Waals surface area contributed by atoms with Gasteiger partial charge in [0.05, 0.1) is 0 Å². The molecular weight excluding hydrogens is 497 g/mol. The van der Waals surface area contributed by atoms with E-state index in [-0.39, 0.29) is 15.9 Å². The van der Waals surface area contributed by atoms with Crippen LogP contribution in [0.3, 0.4) is 0 Å². The van der Waals surface area contributed by atoms with Crippen molar-refractivity contribution in [3.63, 3.8) is 0 Å². The smallest absolute Gasteiger partial charge is 0.00976 e. The van der Waals surface area contributed by atoms with Crippen LogP contribution < -0.4 is 0 Å². The third-order valence-corrected chi connectivity index (χ3v) is 4.87. The number of unbranched alkanes of at least 4 members (excludes halogenated alkanes) is 4. The summed E-state index contributed by atoms with van der Waals surface area (Å²) in [6.45, 7) is 11.7. The number of rotatable bonds is 8. The third kappa shape index (κ3) is 24.2. The molecule has 0 unspecified atom stereocenters. The summed E-state index contributed by atoms with van der Waals surface area (Å²) in [4.78, 5) is 0. The van der Waals surface area contributed by atoms with Gasteiger partial charge in [0.2, 0.25) is 0 Å². The maximum Gasteiger partial charge on any atom is -0.00976 e. The van der Waals surface area contributed by atoms with E-state index < -0.39 is 0 Å². The van der Waals surface area contributed by atoms with Gasteiger partial charge in [-0.1, -0.05) is 100 Å². The molecule has 0 bridgehead atoms. The molecule has 28 heavy (non-hydrogen) atoms. The molecule has 0 amide bonds. The van der Waals surface area contributed by atoms with Gasteiger partial charge >= 0.3 is 35.0 Å². The van der Waals surface area contributed by atoms with E-state index in [1.165, 1.54) is 49.1 Å². The van der Waals surface area contributed by atoms with Crippen molar-refractivity contribution in [2.45, 2.75) is 64.7 Å². The monoisotopic (exact) mass is 532 g/mol. The van der Waals surface area contributed by atoms with Crippen LogP contribution in [-0.4, -0.2) is 0 Å². The molecule has 0 nitrogen and oxygen atoms in total. The summed E-state index contributed by atoms with van der Waals surface area (Å²) in [6, 6.07) is 21.4. The molecule has 0 spiro atoms. The van der Waals surface area contributed by atoms with Crippen molar-refractivity contribution in [2.24, 2.45) is 0 Å². The average molecular weight is 534 g/mol. The summed E-state index contributed by atoms with van der Waals surface area (Å²) < 4.78 is 0. The van der Waals surface area contributed by atoms with Crippen LogP contribution in [0.4, 0.5) is 0 Å². The van der Waals surface area contributed by atoms with Gasteiger partial charge in [-0.05, 0) is 23.5 Å². The summed E-state index contributed by atoms with van der Waals surface area (Å²) in [6.07, 6.45) is 9.71. The number of hydrogen-bond donors (Lipinski definition) is 0. The summed E-state index contributed by atoms with van der Waals surface area (Å²) in [5, 5.41) is 0. The fourth-order valence-corrected chi connectivity index (χ4v) is 3.22. The van der Waals surface area contributed by atoms with Crippen molar-refractivity contribution in [1.29, 1.82) is 0 Å². The molecule has 0 saturated heterocycles. The summed E-state index contributed by atoms with van der Waals surface area (Å²) in [7, 11) is 10.6. The van der Waals surface area contributed by atoms with Crippen LogP contribution in [0.5, 0.6) is 0 Å². The largest absolute Gasteiger partial charge is 0.113 e. The van der Waals surface area contributed by atoms with Crippen molar-refractivity contribution in [3.8, 4) is 0 Å². The minimum Gasteiger partial charge on any atom is -0.113 e. The first kappa shape index (κ1) is 30.3. The van der Waals surface area contributed by atoms with Gasteiger partial charge in [0.15, 0.2) is 0 Å². The Bertz CT molecular complexity index is 445. The van der Waals surface area contributed by atoms with E-state index in [4.69, 9.17) is 19.1 Å². The van der Waals surface area contributed by atoms with Crippen molar-refractivity contribution in [3.05, 3.63) is 85.6 Å². The van der Waals surface area contributed by atoms with Crippen molar-refractivity contribution in [2.75, 3.05) is 0 Å². The molecule has 0 saturated carbocycles. The topological polar surface area (TPSA) is 0 Å². The predicted octanol–water partition coefficient (Wildman–Crippen LogP) is 9.46. The number of hydrogen-bond acceptors (Lipinski definition) is 0. The van der Waals surface area contributed by atoms with Crippen LogP contribution in [0, 0.1) is 13.8 Å². The van der Waals surface area contributed by atoms with E-state index in [0.717, 1.165) is 21.4 Å². The molecule has 164 valence electrons. The van der Waals surface area contributed by atoms with Crippen molar-refractivity contribution in [1.82, 2.24) is 0 Å². The molecule has 0 N–H and O–H groups in total. The van der Waals surface area contributed by atoms with Crippen molar-refractivity contribution >= 4 is 27.6 Å². The standard InChI is InChI=1S/C14H15P.2C5H11.2ClH.Pd/c1-3-7-13(8-4-1)11-15-12-14-9-5-2-6-10-14;2*1-3-5-4-2;;;/h1-10,15H,11-12H2;2*1,3-5H2,2H3;2*1H;/q;2*-1;;;+2/p-2. The first-order chi connectivity index (χ1) is 13.7. The van der Waals surface area contributed by atoms with Crippen LogP contribution in [0.25, 0.3) is 0 Å². The number of halogens is 2. The molecule has 2 rings (SSSR count). The third-order valence-electron chi connectivity index (χ3n) is 3.55. The van der Waals surface area contributed by atoms with E-state index >= 15 is 0 Å². The van der Waals surface area contributed by atoms with Gasteiger partial charge in [-0.3, -0.25) is 0 Å². The molecule has 0 aliphatic carbocycles. The second-order valence-electron chi connectivity index (χ2n) is 6.03. The Labute approximate surface area is 193 Å². The van der Waals surface area contributed by atoms with Gasteiger partial charge in [-0.15, -0.1) is 8.58 Å². The van der Waals surface area contributed by atoms with E-state index in [1.54, 1.807) is 0 Å². The predicted molar refractivity (Wildman–Crippen MR) is 130 cm³/mol. The maximum absolute atomic E-state index is 4.81. The SMILES string of the molecule is [CH2-]CCCC.[CH2-]CCCC.[Cl][Pd][Cl].c1ccc(CPCc2ccccc2)cc1. The van der Waals surface area contributed by atoms with Crippen LogP contribution >= 0.6 is 27.6 Å². The van der Waals surface area contributed by atoms with Crippen molar-refractivity contribution < 1.29 is 15.9 Å². The fraction of sp³-hybridized carbons (Fsp3) is 0.417. The Morgan fingerprint density at radius 2 is 1.04 bits per heavy atom. The van der Waals surface area contributed by atoms with Crippen LogP contribution in [0.15, 0.2) is 60.7 Å². The number of benzene rings is 2. The van der Waals surface area contributed by atoms with Gasteiger partial charge in [-0.2, -0.15) is 12.8 Å². The zero-order chi connectivity index (χ0) is 21.3. The molecule has 0 aromatic heterocycles. The summed E-state index contributed by atoms with van der Waals surface area (Å²) in [5.74, 6) is 0. The fourth-order valence-electron chi connectivity index (χ4n) is 2.04. The second-order valence-corrected chi connectivity index (χ2v) is 9.60. The van der Waals surface area contributed by atoms with E-state index in [2.05, 4.69) is 88.4 Å². The van der Waals surface area contributed by atoms with Gasteiger partial charge in [0.25, 0.3) is 0 Å². The summed E-state index contributed by atoms with van der Waals surface area (Å²) in [5.41, 5.74) is 2.90. The zero-order valence-corrected chi connectivity index (χ0v) is 21.5. The van der Waals surface area contributed by atoms with Crippen LogP contribution in [-0.2, 0) is 28.3 Å². The van der Waals surface area contributed by atoms with Crippen LogP contribution in [0.1, 0.15) is 63.5 Å². The molecule has 2 aromatic carbocycles. The van der Waals surface area contributed by atoms with E-state index in [1.807, 2.05) is 0 Å². The zero-order valence-electron chi connectivity index (χ0n) is 17.4. The van der Waals surface area contributed by atoms with Gasteiger partial charge < -0.3 is 13.8 Å². The quantitative estimate of drug-likeness (QED) is 0.180. The molecule has 0 aliphatic heterocycles. The molecule has 0 aliphatic rings. The molecule has 0 heterocycles. The summed E-state index contributed by atoms with van der Waals surface area (Å²) >= 11 is -0.106. The minimum absolute atomic E-state index is 0.106. The second kappa shape index (κ2) is 27.1. The molecule has 0 radical (unpaired) electrons. The van der Waals surface area contributed by atoms with E-state index in [9.17, 15) is 0 Å². The Morgan fingerprint density at radius 3 is 1.25 bits per heavy atom.